The third-order valence-electron chi connectivity index (χ3n) is 1.94. The van der Waals surface area contributed by atoms with E-state index in [1.54, 1.807) is 13.1 Å². The van der Waals surface area contributed by atoms with Crippen LogP contribution in [0.3, 0.4) is 0 Å². The summed E-state index contributed by atoms with van der Waals surface area (Å²) in [5.41, 5.74) is 0. The highest BCUT2D eigenvalue weighted by molar-refractivity contribution is 4.90. The molecule has 0 aromatic carbocycles. The molecular formula is C9H17N3O. The predicted octanol–water partition coefficient (Wildman–Crippen LogP) is 0.281. The van der Waals surface area contributed by atoms with Crippen molar-refractivity contribution in [2.75, 3.05) is 6.54 Å². The van der Waals surface area contributed by atoms with E-state index < -0.39 is 0 Å². The first-order valence-corrected chi connectivity index (χ1v) is 4.55. The van der Waals surface area contributed by atoms with Gasteiger partial charge in [-0.2, -0.15) is 0 Å². The molecule has 0 amide bonds. The minimum Gasteiger partial charge on any atom is -0.393 e. The summed E-state index contributed by atoms with van der Waals surface area (Å²) in [5, 5.41) is 12.2. The van der Waals surface area contributed by atoms with Crippen LogP contribution >= 0.6 is 0 Å². The van der Waals surface area contributed by atoms with Crippen LogP contribution in [0.2, 0.25) is 0 Å². The SMILES string of the molecule is CC(O)CCNCc1nccn1C. The Morgan fingerprint density at radius 3 is 3.00 bits per heavy atom. The van der Waals surface area contributed by atoms with E-state index in [1.165, 1.54) is 0 Å². The Kier molecular flexibility index (Phi) is 3.92. The zero-order valence-corrected chi connectivity index (χ0v) is 8.20. The fourth-order valence-electron chi connectivity index (χ4n) is 1.08. The quantitative estimate of drug-likeness (QED) is 0.645. The van der Waals surface area contributed by atoms with Crippen LogP contribution in [0.15, 0.2) is 12.4 Å². The zero-order valence-electron chi connectivity index (χ0n) is 8.20. The fourth-order valence-corrected chi connectivity index (χ4v) is 1.08. The molecule has 2 N–H and O–H groups in total. The monoisotopic (exact) mass is 183 g/mol. The minimum atomic E-state index is -0.228. The van der Waals surface area contributed by atoms with Crippen molar-refractivity contribution in [2.24, 2.45) is 7.05 Å². The molecule has 0 aliphatic carbocycles. The molecule has 4 nitrogen and oxygen atoms in total. The number of aliphatic hydroxyl groups is 1. The van der Waals surface area contributed by atoms with Gasteiger partial charge in [-0.05, 0) is 19.9 Å². The van der Waals surface area contributed by atoms with Crippen LogP contribution < -0.4 is 5.32 Å². The Hall–Kier alpha value is -0.870. The second kappa shape index (κ2) is 4.99. The number of hydrogen-bond acceptors (Lipinski definition) is 3. The molecule has 0 bridgehead atoms. The first-order valence-electron chi connectivity index (χ1n) is 4.55. The average Bonchev–Trinajstić information content (AvgIpc) is 2.45. The van der Waals surface area contributed by atoms with E-state index >= 15 is 0 Å². The first kappa shape index (κ1) is 10.2. The van der Waals surface area contributed by atoms with E-state index in [-0.39, 0.29) is 6.10 Å². The van der Waals surface area contributed by atoms with Crippen LogP contribution in [-0.4, -0.2) is 27.3 Å². The molecule has 1 atom stereocenters. The molecular weight excluding hydrogens is 166 g/mol. The van der Waals surface area contributed by atoms with Crippen molar-refractivity contribution in [2.45, 2.75) is 26.0 Å². The highest BCUT2D eigenvalue weighted by Gasteiger charge is 1.98. The third kappa shape index (κ3) is 3.57. The minimum absolute atomic E-state index is 0.228. The van der Waals surface area contributed by atoms with Crippen LogP contribution in [0.5, 0.6) is 0 Å². The van der Waals surface area contributed by atoms with E-state index in [1.807, 2.05) is 17.8 Å². The van der Waals surface area contributed by atoms with Gasteiger partial charge in [0.1, 0.15) is 5.82 Å². The second-order valence-electron chi connectivity index (χ2n) is 3.27. The van der Waals surface area contributed by atoms with Gasteiger partial charge in [0.15, 0.2) is 0 Å². The summed E-state index contributed by atoms with van der Waals surface area (Å²) in [4.78, 5) is 4.17. The lowest BCUT2D eigenvalue weighted by Gasteiger charge is -2.06. The summed E-state index contributed by atoms with van der Waals surface area (Å²) < 4.78 is 1.98. The van der Waals surface area contributed by atoms with Crippen molar-refractivity contribution < 1.29 is 5.11 Å². The van der Waals surface area contributed by atoms with Crippen molar-refractivity contribution in [1.29, 1.82) is 0 Å². The van der Waals surface area contributed by atoms with Gasteiger partial charge in [-0.3, -0.25) is 0 Å². The summed E-state index contributed by atoms with van der Waals surface area (Å²) >= 11 is 0. The Balaban J connectivity index is 2.17. The maximum Gasteiger partial charge on any atom is 0.122 e. The third-order valence-corrected chi connectivity index (χ3v) is 1.94. The molecule has 0 radical (unpaired) electrons. The molecule has 0 spiro atoms. The van der Waals surface area contributed by atoms with E-state index in [0.717, 1.165) is 25.3 Å². The number of nitrogens with zero attached hydrogens (tertiary/aromatic N) is 2. The van der Waals surface area contributed by atoms with Gasteiger partial charge in [-0.1, -0.05) is 0 Å². The average molecular weight is 183 g/mol. The molecule has 13 heavy (non-hydrogen) atoms. The summed E-state index contributed by atoms with van der Waals surface area (Å²) in [6.07, 6.45) is 4.26. The predicted molar refractivity (Wildman–Crippen MR) is 51.2 cm³/mol. The van der Waals surface area contributed by atoms with E-state index in [9.17, 15) is 0 Å². The molecule has 1 unspecified atom stereocenters. The Bertz CT molecular complexity index is 245. The largest absolute Gasteiger partial charge is 0.393 e. The van der Waals surface area contributed by atoms with Gasteiger partial charge in [-0.25, -0.2) is 4.98 Å². The van der Waals surface area contributed by atoms with Crippen molar-refractivity contribution in [3.63, 3.8) is 0 Å². The zero-order chi connectivity index (χ0) is 9.68. The van der Waals surface area contributed by atoms with Gasteiger partial charge in [0, 0.05) is 19.4 Å². The van der Waals surface area contributed by atoms with Crippen LogP contribution in [0.4, 0.5) is 0 Å². The van der Waals surface area contributed by atoms with Crippen LogP contribution in [0, 0.1) is 0 Å². The molecule has 0 saturated carbocycles. The van der Waals surface area contributed by atoms with Gasteiger partial charge >= 0.3 is 0 Å². The number of nitrogens with one attached hydrogen (secondary N) is 1. The van der Waals surface area contributed by atoms with Crippen LogP contribution in [-0.2, 0) is 13.6 Å². The van der Waals surface area contributed by atoms with Crippen molar-refractivity contribution in [1.82, 2.24) is 14.9 Å². The molecule has 0 aliphatic heterocycles. The van der Waals surface area contributed by atoms with E-state index in [0.29, 0.717) is 0 Å². The standard InChI is InChI=1S/C9H17N3O/c1-8(13)3-4-10-7-9-11-5-6-12(9)2/h5-6,8,10,13H,3-4,7H2,1-2H3. The number of rotatable bonds is 5. The maximum absolute atomic E-state index is 9.00. The van der Waals surface area contributed by atoms with E-state index in [4.69, 9.17) is 5.11 Å². The van der Waals surface area contributed by atoms with Gasteiger partial charge in [0.05, 0.1) is 12.6 Å². The molecule has 1 aromatic rings. The van der Waals surface area contributed by atoms with Gasteiger partial charge in [0.25, 0.3) is 0 Å². The molecule has 0 fully saturated rings. The molecule has 0 saturated heterocycles. The van der Waals surface area contributed by atoms with Crippen molar-refractivity contribution in [3.8, 4) is 0 Å². The van der Waals surface area contributed by atoms with Crippen molar-refractivity contribution >= 4 is 0 Å². The summed E-state index contributed by atoms with van der Waals surface area (Å²) in [6.45, 7) is 3.38. The van der Waals surface area contributed by atoms with Gasteiger partial charge in [0.2, 0.25) is 0 Å². The van der Waals surface area contributed by atoms with Crippen LogP contribution in [0.25, 0.3) is 0 Å². The molecule has 0 aliphatic rings. The molecule has 1 aromatic heterocycles. The van der Waals surface area contributed by atoms with E-state index in [2.05, 4.69) is 10.3 Å². The number of aryl methyl sites for hydroxylation is 1. The number of aliphatic hydroxyl groups excluding tert-OH is 1. The number of imidazole rings is 1. The Morgan fingerprint density at radius 1 is 1.69 bits per heavy atom. The first-order chi connectivity index (χ1) is 6.20. The Morgan fingerprint density at radius 2 is 2.46 bits per heavy atom. The topological polar surface area (TPSA) is 50.1 Å². The highest BCUT2D eigenvalue weighted by atomic mass is 16.3. The summed E-state index contributed by atoms with van der Waals surface area (Å²) in [6, 6.07) is 0. The highest BCUT2D eigenvalue weighted by Crippen LogP contribution is 1.93. The lowest BCUT2D eigenvalue weighted by atomic mass is 10.3. The van der Waals surface area contributed by atoms with Crippen LogP contribution in [0.1, 0.15) is 19.2 Å². The lowest BCUT2D eigenvalue weighted by molar-refractivity contribution is 0.183. The number of aromatic nitrogens is 2. The van der Waals surface area contributed by atoms with Crippen molar-refractivity contribution in [3.05, 3.63) is 18.2 Å². The van der Waals surface area contributed by atoms with Gasteiger partial charge in [-0.15, -0.1) is 0 Å². The second-order valence-corrected chi connectivity index (χ2v) is 3.27. The molecule has 1 heterocycles. The number of hydrogen-bond donors (Lipinski definition) is 2. The molecule has 4 heteroatoms. The fraction of sp³-hybridized carbons (Fsp3) is 0.667. The summed E-state index contributed by atoms with van der Waals surface area (Å²) in [7, 11) is 1.97. The lowest BCUT2D eigenvalue weighted by Crippen LogP contribution is -2.20. The Labute approximate surface area is 78.6 Å². The molecule has 1 rings (SSSR count). The summed E-state index contributed by atoms with van der Waals surface area (Å²) in [5.74, 6) is 1.02. The smallest absolute Gasteiger partial charge is 0.122 e. The van der Waals surface area contributed by atoms with Gasteiger partial charge < -0.3 is 15.0 Å². The molecule has 74 valence electrons. The normalized spacial score (nSPS) is 13.2. The maximum atomic E-state index is 9.00.